The fourth-order valence-electron chi connectivity index (χ4n) is 3.66. The molecule has 9 heteroatoms. The molecule has 0 saturated heterocycles. The molecule has 1 fully saturated rings. The molecule has 178 valence electrons. The Morgan fingerprint density at radius 2 is 1.83 bits per heavy atom. The summed E-state index contributed by atoms with van der Waals surface area (Å²) in [6.45, 7) is 1.94. The van der Waals surface area contributed by atoms with Gasteiger partial charge in [0, 0.05) is 41.1 Å². The Bertz CT molecular complexity index is 1380. The average Bonchev–Trinajstić information content (AvgIpc) is 3.64. The maximum atomic E-state index is 12.9. The van der Waals surface area contributed by atoms with E-state index in [4.69, 9.17) is 0 Å². The summed E-state index contributed by atoms with van der Waals surface area (Å²) in [5.74, 6) is 0.390. The lowest BCUT2D eigenvalue weighted by Crippen LogP contribution is -2.05. The maximum Gasteiger partial charge on any atom is 0.416 e. The number of nitrogens with one attached hydrogen (secondary N) is 2. The van der Waals surface area contributed by atoms with Crippen LogP contribution in [0, 0.1) is 6.92 Å². The molecule has 35 heavy (non-hydrogen) atoms. The number of nitrogens with zero attached hydrogens (tertiary/aromatic N) is 4. The molecule has 0 bridgehead atoms. The van der Waals surface area contributed by atoms with Crippen molar-refractivity contribution in [1.82, 2.24) is 15.0 Å². The van der Waals surface area contributed by atoms with E-state index < -0.39 is 11.7 Å². The van der Waals surface area contributed by atoms with Crippen LogP contribution in [-0.4, -0.2) is 27.2 Å². The van der Waals surface area contributed by atoms with E-state index in [0.717, 1.165) is 40.1 Å². The number of pyridine rings is 1. The zero-order chi connectivity index (χ0) is 24.4. The van der Waals surface area contributed by atoms with E-state index in [2.05, 4.69) is 36.6 Å². The fraction of sp³-hybridized carbons (Fsp3) is 0.231. The molecule has 1 saturated carbocycles. The third-order valence-corrected chi connectivity index (χ3v) is 5.63. The standard InChI is InChI=1S/C26H23F3N6/c1-16-23-10-9-21(33-19-6-7-19)14-24(23)35-25(32-16)30-12-11-18-5-8-22(15-31-18)34-20-4-2-3-17(13-20)26(27,28)29/h2-5,8-10,12-15,19,33-34H,6-7,11H2,1H3. The average molecular weight is 477 g/mol. The molecule has 4 aromatic rings. The minimum absolute atomic E-state index is 0.343. The first-order valence-corrected chi connectivity index (χ1v) is 11.3. The van der Waals surface area contributed by atoms with Gasteiger partial charge in [0.25, 0.3) is 0 Å². The van der Waals surface area contributed by atoms with Crippen LogP contribution in [0.15, 0.2) is 65.8 Å². The van der Waals surface area contributed by atoms with Gasteiger partial charge in [-0.05, 0) is 68.3 Å². The van der Waals surface area contributed by atoms with Crippen molar-refractivity contribution >= 4 is 40.1 Å². The van der Waals surface area contributed by atoms with Crippen molar-refractivity contribution in [2.45, 2.75) is 38.4 Å². The van der Waals surface area contributed by atoms with Crippen LogP contribution >= 0.6 is 0 Å². The van der Waals surface area contributed by atoms with Crippen molar-refractivity contribution in [2.75, 3.05) is 10.6 Å². The van der Waals surface area contributed by atoms with Crippen LogP contribution in [0.25, 0.3) is 10.9 Å². The number of fused-ring (bicyclic) bond motifs is 1. The summed E-state index contributed by atoms with van der Waals surface area (Å²) >= 11 is 0. The van der Waals surface area contributed by atoms with E-state index in [1.165, 1.54) is 18.9 Å². The number of alkyl halides is 3. The number of hydrogen-bond donors (Lipinski definition) is 2. The summed E-state index contributed by atoms with van der Waals surface area (Å²) in [5.41, 5.74) is 3.75. The van der Waals surface area contributed by atoms with Crippen molar-refractivity contribution in [2.24, 2.45) is 4.99 Å². The number of hydrogen-bond acceptors (Lipinski definition) is 6. The van der Waals surface area contributed by atoms with Gasteiger partial charge in [-0.1, -0.05) is 6.07 Å². The molecule has 2 heterocycles. The first-order valence-electron chi connectivity index (χ1n) is 11.3. The van der Waals surface area contributed by atoms with Crippen LogP contribution in [0.5, 0.6) is 0 Å². The van der Waals surface area contributed by atoms with Crippen molar-refractivity contribution < 1.29 is 13.2 Å². The summed E-state index contributed by atoms with van der Waals surface area (Å²) in [6, 6.07) is 15.3. The van der Waals surface area contributed by atoms with Crippen molar-refractivity contribution in [1.29, 1.82) is 0 Å². The van der Waals surface area contributed by atoms with E-state index in [9.17, 15) is 13.2 Å². The highest BCUT2D eigenvalue weighted by Crippen LogP contribution is 2.31. The van der Waals surface area contributed by atoms with E-state index >= 15 is 0 Å². The van der Waals surface area contributed by atoms with Gasteiger partial charge in [-0.3, -0.25) is 4.98 Å². The second-order valence-electron chi connectivity index (χ2n) is 8.52. The number of anilines is 3. The largest absolute Gasteiger partial charge is 0.416 e. The van der Waals surface area contributed by atoms with E-state index in [1.807, 2.05) is 19.1 Å². The maximum absolute atomic E-state index is 12.9. The molecule has 1 aliphatic rings. The predicted molar refractivity (Wildman–Crippen MR) is 132 cm³/mol. The molecule has 0 atom stereocenters. The number of aryl methyl sites for hydroxylation is 1. The van der Waals surface area contributed by atoms with Gasteiger partial charge in [0.2, 0.25) is 5.95 Å². The summed E-state index contributed by atoms with van der Waals surface area (Å²) in [5, 5.41) is 7.42. The normalized spacial score (nSPS) is 13.9. The second-order valence-corrected chi connectivity index (χ2v) is 8.52. The molecule has 2 N–H and O–H groups in total. The Morgan fingerprint density at radius 1 is 1.00 bits per heavy atom. The molecule has 2 aromatic heterocycles. The monoisotopic (exact) mass is 476 g/mol. The lowest BCUT2D eigenvalue weighted by atomic mass is 10.2. The van der Waals surface area contributed by atoms with Crippen LogP contribution in [0.2, 0.25) is 0 Å². The molecule has 1 aliphatic carbocycles. The van der Waals surface area contributed by atoms with Crippen LogP contribution in [0.4, 0.5) is 36.2 Å². The molecular formula is C26H23F3N6. The van der Waals surface area contributed by atoms with E-state index in [1.54, 1.807) is 30.6 Å². The van der Waals surface area contributed by atoms with Gasteiger partial charge >= 0.3 is 6.18 Å². The van der Waals surface area contributed by atoms with Crippen molar-refractivity contribution in [3.63, 3.8) is 0 Å². The molecule has 0 unspecified atom stereocenters. The molecule has 6 nitrogen and oxygen atoms in total. The molecule has 0 amide bonds. The van der Waals surface area contributed by atoms with Gasteiger partial charge in [0.15, 0.2) is 0 Å². The smallest absolute Gasteiger partial charge is 0.382 e. The highest BCUT2D eigenvalue weighted by molar-refractivity contribution is 5.85. The third kappa shape index (κ3) is 5.74. The van der Waals surface area contributed by atoms with Crippen LogP contribution < -0.4 is 10.6 Å². The molecule has 0 aliphatic heterocycles. The van der Waals surface area contributed by atoms with Crippen LogP contribution in [0.3, 0.4) is 0 Å². The van der Waals surface area contributed by atoms with E-state index in [0.29, 0.717) is 29.8 Å². The molecular weight excluding hydrogens is 453 g/mol. The highest BCUT2D eigenvalue weighted by atomic mass is 19.4. The number of benzene rings is 2. The van der Waals surface area contributed by atoms with Gasteiger partial charge in [0.05, 0.1) is 28.7 Å². The minimum atomic E-state index is -4.39. The zero-order valence-corrected chi connectivity index (χ0v) is 19.0. The predicted octanol–water partition coefficient (Wildman–Crippen LogP) is 6.61. The Labute approximate surface area is 200 Å². The van der Waals surface area contributed by atoms with Crippen LogP contribution in [-0.2, 0) is 12.6 Å². The Balaban J connectivity index is 1.24. The van der Waals surface area contributed by atoms with Gasteiger partial charge in [-0.15, -0.1) is 0 Å². The van der Waals surface area contributed by atoms with E-state index in [-0.39, 0.29) is 0 Å². The highest BCUT2D eigenvalue weighted by Gasteiger charge is 2.30. The van der Waals surface area contributed by atoms with Gasteiger partial charge in [-0.2, -0.15) is 13.2 Å². The Morgan fingerprint density at radius 3 is 2.57 bits per heavy atom. The lowest BCUT2D eigenvalue weighted by molar-refractivity contribution is -0.137. The SMILES string of the molecule is Cc1nc(N=CCc2ccc(Nc3cccc(C(F)(F)F)c3)cn2)nc2cc(NC3CC3)ccc12. The minimum Gasteiger partial charge on any atom is -0.382 e. The number of aliphatic imine (C=N–C) groups is 1. The van der Waals surface area contributed by atoms with Gasteiger partial charge in [0.1, 0.15) is 0 Å². The molecule has 5 rings (SSSR count). The first-order chi connectivity index (χ1) is 16.8. The van der Waals surface area contributed by atoms with Gasteiger partial charge < -0.3 is 10.6 Å². The summed E-state index contributed by atoms with van der Waals surface area (Å²) in [6.07, 6.45) is 1.76. The lowest BCUT2D eigenvalue weighted by Gasteiger charge is -2.10. The Kier molecular flexibility index (Phi) is 6.07. The molecule has 0 spiro atoms. The van der Waals surface area contributed by atoms with Gasteiger partial charge in [-0.25, -0.2) is 15.0 Å². The molecule has 0 radical (unpaired) electrons. The summed E-state index contributed by atoms with van der Waals surface area (Å²) < 4.78 is 38.7. The summed E-state index contributed by atoms with van der Waals surface area (Å²) in [7, 11) is 0. The van der Waals surface area contributed by atoms with Crippen molar-refractivity contribution in [3.05, 3.63) is 77.7 Å². The fourth-order valence-corrected chi connectivity index (χ4v) is 3.66. The number of halogens is 3. The number of rotatable bonds is 7. The quantitative estimate of drug-likeness (QED) is 0.294. The zero-order valence-electron chi connectivity index (χ0n) is 19.0. The van der Waals surface area contributed by atoms with Crippen molar-refractivity contribution in [3.8, 4) is 0 Å². The Hall–Kier alpha value is -4.01. The summed E-state index contributed by atoms with van der Waals surface area (Å²) in [4.78, 5) is 17.8. The van der Waals surface area contributed by atoms with Crippen LogP contribution in [0.1, 0.15) is 29.8 Å². The second kappa shape index (κ2) is 9.32. The third-order valence-electron chi connectivity index (χ3n) is 5.63. The first kappa shape index (κ1) is 22.8. The topological polar surface area (TPSA) is 75.1 Å². The number of aromatic nitrogens is 3. The molecule has 2 aromatic carbocycles.